The van der Waals surface area contributed by atoms with Crippen molar-refractivity contribution in [2.45, 2.75) is 45.1 Å². The summed E-state index contributed by atoms with van der Waals surface area (Å²) >= 11 is 0. The van der Waals surface area contributed by atoms with Gasteiger partial charge in [0.1, 0.15) is 11.1 Å². The second-order valence-electron chi connectivity index (χ2n) is 6.37. The number of hydrogen-bond acceptors (Lipinski definition) is 6. The lowest BCUT2D eigenvalue weighted by molar-refractivity contribution is 0.0512. The van der Waals surface area contributed by atoms with Crippen molar-refractivity contribution in [2.75, 3.05) is 11.9 Å². The first kappa shape index (κ1) is 15.9. The number of esters is 1. The molecule has 0 aliphatic heterocycles. The number of aromatic nitrogens is 2. The molecule has 2 heterocycles. The van der Waals surface area contributed by atoms with Crippen LogP contribution in [0.15, 0.2) is 28.7 Å². The number of furan rings is 1. The molecule has 1 aromatic carbocycles. The molecule has 0 amide bonds. The monoisotopic (exact) mass is 339 g/mol. The van der Waals surface area contributed by atoms with Gasteiger partial charge < -0.3 is 14.5 Å². The first-order valence-electron chi connectivity index (χ1n) is 8.89. The number of para-hydroxylation sites is 1. The topological polar surface area (TPSA) is 77.2 Å². The summed E-state index contributed by atoms with van der Waals surface area (Å²) in [6.45, 7) is 2.06. The predicted octanol–water partition coefficient (Wildman–Crippen LogP) is 4.30. The van der Waals surface area contributed by atoms with Crippen LogP contribution >= 0.6 is 0 Å². The summed E-state index contributed by atoms with van der Waals surface area (Å²) in [5.41, 5.74) is 1.98. The number of carbonyl (C=O) groups is 1. The van der Waals surface area contributed by atoms with Crippen LogP contribution < -0.4 is 5.32 Å². The van der Waals surface area contributed by atoms with Crippen molar-refractivity contribution in [3.8, 4) is 0 Å². The molecule has 25 heavy (non-hydrogen) atoms. The van der Waals surface area contributed by atoms with E-state index in [9.17, 15) is 4.79 Å². The molecular formula is C19H21N3O3. The fraction of sp³-hybridized carbons (Fsp3) is 0.421. The van der Waals surface area contributed by atoms with Gasteiger partial charge in [-0.05, 0) is 31.9 Å². The molecular weight excluding hydrogens is 318 g/mol. The van der Waals surface area contributed by atoms with E-state index < -0.39 is 5.97 Å². The summed E-state index contributed by atoms with van der Waals surface area (Å²) in [5, 5.41) is 4.34. The average molecular weight is 339 g/mol. The van der Waals surface area contributed by atoms with Gasteiger partial charge in [-0.25, -0.2) is 14.8 Å². The van der Waals surface area contributed by atoms with E-state index in [0.29, 0.717) is 23.0 Å². The highest BCUT2D eigenvalue weighted by molar-refractivity contribution is 6.06. The molecule has 0 saturated heterocycles. The maximum Gasteiger partial charge on any atom is 0.376 e. The van der Waals surface area contributed by atoms with Gasteiger partial charge in [0.15, 0.2) is 11.4 Å². The van der Waals surface area contributed by atoms with E-state index in [1.807, 2.05) is 24.3 Å². The molecule has 0 spiro atoms. The molecule has 3 aromatic rings. The van der Waals surface area contributed by atoms with Crippen molar-refractivity contribution >= 4 is 33.9 Å². The number of nitrogens with one attached hydrogen (secondary N) is 1. The normalized spacial score (nSPS) is 15.6. The maximum atomic E-state index is 12.2. The van der Waals surface area contributed by atoms with Crippen LogP contribution in [-0.2, 0) is 4.74 Å². The standard InChI is InChI=1S/C19H21N3O3/c1-2-24-19(23)18-21-15-13-10-6-7-11-14(13)25-16(15)17(22-18)20-12-8-4-3-5-9-12/h6-7,10-12H,2-5,8-9H2,1H3,(H,20,21,22). The first-order valence-corrected chi connectivity index (χ1v) is 8.89. The van der Waals surface area contributed by atoms with Crippen LogP contribution in [0, 0.1) is 0 Å². The Morgan fingerprint density at radius 1 is 1.24 bits per heavy atom. The summed E-state index contributed by atoms with van der Waals surface area (Å²) in [5.74, 6) is 0.136. The number of nitrogens with zero attached hydrogens (tertiary/aromatic N) is 2. The molecule has 0 radical (unpaired) electrons. The lowest BCUT2D eigenvalue weighted by Gasteiger charge is -2.23. The van der Waals surface area contributed by atoms with E-state index in [-0.39, 0.29) is 12.4 Å². The molecule has 2 aromatic heterocycles. The Kier molecular flexibility index (Phi) is 4.26. The Balaban J connectivity index is 1.83. The summed E-state index contributed by atoms with van der Waals surface area (Å²) in [6.07, 6.45) is 5.88. The average Bonchev–Trinajstić information content (AvgIpc) is 3.02. The number of fused-ring (bicyclic) bond motifs is 3. The van der Waals surface area contributed by atoms with Crippen LogP contribution in [0.5, 0.6) is 0 Å². The number of hydrogen-bond donors (Lipinski definition) is 1. The van der Waals surface area contributed by atoms with Gasteiger partial charge in [-0.2, -0.15) is 0 Å². The van der Waals surface area contributed by atoms with Crippen LogP contribution in [0.2, 0.25) is 0 Å². The van der Waals surface area contributed by atoms with Crippen LogP contribution in [-0.4, -0.2) is 28.6 Å². The molecule has 1 saturated carbocycles. The quantitative estimate of drug-likeness (QED) is 0.714. The zero-order valence-electron chi connectivity index (χ0n) is 14.2. The number of benzene rings is 1. The van der Waals surface area contributed by atoms with E-state index in [1.54, 1.807) is 6.92 Å². The number of ether oxygens (including phenoxy) is 1. The molecule has 1 aliphatic rings. The molecule has 1 aliphatic carbocycles. The maximum absolute atomic E-state index is 12.2. The SMILES string of the molecule is CCOC(=O)c1nc(NC2CCCCC2)c2oc3ccccc3c2n1. The fourth-order valence-corrected chi connectivity index (χ4v) is 3.42. The van der Waals surface area contributed by atoms with Crippen molar-refractivity contribution in [3.63, 3.8) is 0 Å². The third-order valence-corrected chi connectivity index (χ3v) is 4.62. The fourth-order valence-electron chi connectivity index (χ4n) is 3.42. The minimum absolute atomic E-state index is 0.0687. The number of rotatable bonds is 4. The highest BCUT2D eigenvalue weighted by Gasteiger charge is 2.22. The molecule has 4 rings (SSSR count). The third-order valence-electron chi connectivity index (χ3n) is 4.62. The van der Waals surface area contributed by atoms with Crippen molar-refractivity contribution in [1.82, 2.24) is 9.97 Å². The smallest absolute Gasteiger partial charge is 0.376 e. The Hall–Kier alpha value is -2.63. The van der Waals surface area contributed by atoms with Crippen molar-refractivity contribution in [3.05, 3.63) is 30.1 Å². The Morgan fingerprint density at radius 2 is 2.04 bits per heavy atom. The second kappa shape index (κ2) is 6.70. The zero-order valence-corrected chi connectivity index (χ0v) is 14.2. The first-order chi connectivity index (χ1) is 12.3. The van der Waals surface area contributed by atoms with Gasteiger partial charge in [0.05, 0.1) is 6.61 Å². The lowest BCUT2D eigenvalue weighted by Crippen LogP contribution is -2.23. The van der Waals surface area contributed by atoms with E-state index in [4.69, 9.17) is 9.15 Å². The molecule has 130 valence electrons. The summed E-state index contributed by atoms with van der Waals surface area (Å²) in [4.78, 5) is 21.0. The van der Waals surface area contributed by atoms with Gasteiger partial charge in [0.25, 0.3) is 0 Å². The van der Waals surface area contributed by atoms with Crippen LogP contribution in [0.4, 0.5) is 5.82 Å². The number of anilines is 1. The van der Waals surface area contributed by atoms with E-state index >= 15 is 0 Å². The van der Waals surface area contributed by atoms with Gasteiger partial charge in [-0.1, -0.05) is 31.4 Å². The van der Waals surface area contributed by atoms with Gasteiger partial charge in [0, 0.05) is 11.4 Å². The summed E-state index contributed by atoms with van der Waals surface area (Å²) < 4.78 is 11.1. The molecule has 0 unspecified atom stereocenters. The van der Waals surface area contributed by atoms with Gasteiger partial charge in [0.2, 0.25) is 5.82 Å². The molecule has 6 heteroatoms. The van der Waals surface area contributed by atoms with E-state index in [2.05, 4.69) is 15.3 Å². The Morgan fingerprint density at radius 3 is 2.84 bits per heavy atom. The Bertz CT molecular complexity index is 913. The van der Waals surface area contributed by atoms with Crippen molar-refractivity contribution in [1.29, 1.82) is 0 Å². The van der Waals surface area contributed by atoms with Gasteiger partial charge in [-0.3, -0.25) is 0 Å². The van der Waals surface area contributed by atoms with E-state index in [1.165, 1.54) is 19.3 Å². The van der Waals surface area contributed by atoms with Crippen LogP contribution in [0.1, 0.15) is 49.6 Å². The molecule has 1 N–H and O–H groups in total. The van der Waals surface area contributed by atoms with Gasteiger partial charge in [-0.15, -0.1) is 0 Å². The van der Waals surface area contributed by atoms with Gasteiger partial charge >= 0.3 is 5.97 Å². The Labute approximate surface area is 145 Å². The summed E-state index contributed by atoms with van der Waals surface area (Å²) in [6, 6.07) is 8.02. The predicted molar refractivity (Wildman–Crippen MR) is 95.8 cm³/mol. The second-order valence-corrected chi connectivity index (χ2v) is 6.37. The highest BCUT2D eigenvalue weighted by Crippen LogP contribution is 2.32. The number of carbonyl (C=O) groups excluding carboxylic acids is 1. The minimum Gasteiger partial charge on any atom is -0.460 e. The highest BCUT2D eigenvalue weighted by atomic mass is 16.5. The third kappa shape index (κ3) is 3.04. The summed E-state index contributed by atoms with van der Waals surface area (Å²) in [7, 11) is 0. The zero-order chi connectivity index (χ0) is 17.2. The largest absolute Gasteiger partial charge is 0.460 e. The molecule has 1 fully saturated rings. The van der Waals surface area contributed by atoms with Crippen molar-refractivity contribution < 1.29 is 13.9 Å². The van der Waals surface area contributed by atoms with Crippen LogP contribution in [0.25, 0.3) is 22.1 Å². The molecule has 0 atom stereocenters. The van der Waals surface area contributed by atoms with Crippen molar-refractivity contribution in [2.24, 2.45) is 0 Å². The molecule has 0 bridgehead atoms. The minimum atomic E-state index is -0.513. The van der Waals surface area contributed by atoms with E-state index in [0.717, 1.165) is 23.8 Å². The lowest BCUT2D eigenvalue weighted by atomic mass is 9.95. The molecule has 6 nitrogen and oxygen atoms in total. The van der Waals surface area contributed by atoms with Crippen LogP contribution in [0.3, 0.4) is 0 Å².